The van der Waals surface area contributed by atoms with Crippen LogP contribution in [-0.2, 0) is 17.1 Å². The van der Waals surface area contributed by atoms with E-state index in [2.05, 4.69) is 9.82 Å². The molecule has 1 heterocycles. The van der Waals surface area contributed by atoms with Crippen LogP contribution in [0.4, 0.5) is 11.5 Å². The molecule has 148 valence electrons. The largest absolute Gasteiger partial charge is 0.377 e. The van der Waals surface area contributed by atoms with Crippen LogP contribution >= 0.6 is 0 Å². The lowest BCUT2D eigenvalue weighted by Crippen LogP contribution is -2.16. The van der Waals surface area contributed by atoms with E-state index in [1.54, 1.807) is 25.2 Å². The number of nitrogens with zero attached hydrogens (tertiary/aromatic N) is 3. The van der Waals surface area contributed by atoms with E-state index in [1.165, 1.54) is 4.68 Å². The molecule has 0 aliphatic rings. The summed E-state index contributed by atoms with van der Waals surface area (Å²) in [6.07, 6.45) is 0. The van der Waals surface area contributed by atoms with Crippen LogP contribution in [0.15, 0.2) is 77.7 Å². The summed E-state index contributed by atoms with van der Waals surface area (Å²) >= 11 is 0. The number of fused-ring (bicyclic) bond motifs is 1. The van der Waals surface area contributed by atoms with Crippen molar-refractivity contribution in [2.24, 2.45) is 7.05 Å². The highest BCUT2D eigenvalue weighted by Crippen LogP contribution is 2.31. The molecular weight excluding hydrogens is 384 g/mol. The van der Waals surface area contributed by atoms with Gasteiger partial charge in [0, 0.05) is 49.2 Å². The van der Waals surface area contributed by atoms with Gasteiger partial charge in [0.25, 0.3) is 10.0 Å². The smallest absolute Gasteiger partial charge is 0.263 e. The Hall–Kier alpha value is -3.32. The quantitative estimate of drug-likeness (QED) is 0.542. The van der Waals surface area contributed by atoms with E-state index < -0.39 is 10.0 Å². The first-order chi connectivity index (χ1) is 13.9. The molecule has 29 heavy (non-hydrogen) atoms. The lowest BCUT2D eigenvalue weighted by Gasteiger charge is -2.17. The molecule has 4 rings (SSSR count). The Morgan fingerprint density at radius 1 is 0.897 bits per heavy atom. The highest BCUT2D eigenvalue weighted by Gasteiger charge is 2.20. The van der Waals surface area contributed by atoms with Crippen LogP contribution in [0.3, 0.4) is 0 Å². The Labute approximate surface area is 170 Å². The lowest BCUT2D eigenvalue weighted by molar-refractivity contribution is 0.601. The molecular formula is C22H22N4O2S. The summed E-state index contributed by atoms with van der Waals surface area (Å²) in [5.74, 6) is 0.407. The summed E-state index contributed by atoms with van der Waals surface area (Å²) < 4.78 is 30.7. The lowest BCUT2D eigenvalue weighted by atomic mass is 10.1. The average Bonchev–Trinajstić information content (AvgIpc) is 3.07. The van der Waals surface area contributed by atoms with Crippen molar-refractivity contribution in [3.05, 3.63) is 72.8 Å². The normalized spacial score (nSPS) is 11.6. The highest BCUT2D eigenvalue weighted by molar-refractivity contribution is 7.93. The van der Waals surface area contributed by atoms with E-state index in [1.807, 2.05) is 73.6 Å². The average molecular weight is 407 g/mol. The van der Waals surface area contributed by atoms with Crippen LogP contribution < -0.4 is 9.62 Å². The monoisotopic (exact) mass is 406 g/mol. The minimum Gasteiger partial charge on any atom is -0.377 e. The van der Waals surface area contributed by atoms with Gasteiger partial charge in [-0.1, -0.05) is 54.6 Å². The maximum absolute atomic E-state index is 13.2. The van der Waals surface area contributed by atoms with E-state index in [9.17, 15) is 8.42 Å². The first kappa shape index (κ1) is 19.0. The predicted octanol–water partition coefficient (Wildman–Crippen LogP) is 4.11. The first-order valence-corrected chi connectivity index (χ1v) is 10.7. The zero-order valence-electron chi connectivity index (χ0n) is 16.5. The second-order valence-electron chi connectivity index (χ2n) is 7.03. The number of hydrogen-bond acceptors (Lipinski definition) is 4. The van der Waals surface area contributed by atoms with E-state index in [0.29, 0.717) is 16.9 Å². The zero-order valence-corrected chi connectivity index (χ0v) is 17.3. The fourth-order valence-corrected chi connectivity index (χ4v) is 4.70. The summed E-state index contributed by atoms with van der Waals surface area (Å²) in [6, 6.07) is 22.4. The summed E-state index contributed by atoms with van der Waals surface area (Å²) in [6.45, 7) is 0. The molecule has 0 amide bonds. The molecule has 1 N–H and O–H groups in total. The van der Waals surface area contributed by atoms with Crippen LogP contribution in [0.5, 0.6) is 0 Å². The number of hydrogen-bond donors (Lipinski definition) is 1. The van der Waals surface area contributed by atoms with E-state index in [0.717, 1.165) is 16.6 Å². The van der Waals surface area contributed by atoms with Gasteiger partial charge >= 0.3 is 0 Å². The molecule has 0 unspecified atom stereocenters. The molecule has 0 radical (unpaired) electrons. The highest BCUT2D eigenvalue weighted by atomic mass is 32.2. The molecule has 0 atom stereocenters. The second-order valence-corrected chi connectivity index (χ2v) is 8.68. The van der Waals surface area contributed by atoms with Gasteiger partial charge in [0.1, 0.15) is 5.82 Å². The van der Waals surface area contributed by atoms with E-state index in [4.69, 9.17) is 0 Å². The van der Waals surface area contributed by atoms with Crippen molar-refractivity contribution >= 4 is 32.3 Å². The van der Waals surface area contributed by atoms with Gasteiger partial charge in [-0.25, -0.2) is 8.42 Å². The van der Waals surface area contributed by atoms with Crippen molar-refractivity contribution in [1.82, 2.24) is 9.78 Å². The maximum atomic E-state index is 13.2. The molecule has 6 nitrogen and oxygen atoms in total. The fraction of sp³-hybridized carbons (Fsp3) is 0.136. The molecule has 4 aromatic rings. The minimum atomic E-state index is -3.80. The Kier molecular flexibility index (Phi) is 4.76. The Bertz CT molecular complexity index is 1280. The Morgan fingerprint density at radius 2 is 1.59 bits per heavy atom. The number of sulfonamides is 1. The maximum Gasteiger partial charge on any atom is 0.263 e. The fourth-order valence-electron chi connectivity index (χ4n) is 3.39. The third kappa shape index (κ3) is 3.56. The Balaban J connectivity index is 1.76. The second kappa shape index (κ2) is 7.25. The van der Waals surface area contributed by atoms with Gasteiger partial charge in [-0.05, 0) is 12.1 Å². The first-order valence-electron chi connectivity index (χ1n) is 9.18. The summed E-state index contributed by atoms with van der Waals surface area (Å²) in [4.78, 5) is 2.21. The van der Waals surface area contributed by atoms with Crippen molar-refractivity contribution in [3.8, 4) is 11.3 Å². The van der Waals surface area contributed by atoms with Gasteiger partial charge in [0.05, 0.1) is 10.6 Å². The van der Waals surface area contributed by atoms with Crippen LogP contribution in [0.1, 0.15) is 0 Å². The molecule has 7 heteroatoms. The predicted molar refractivity (Wildman–Crippen MR) is 118 cm³/mol. The Morgan fingerprint density at radius 3 is 2.31 bits per heavy atom. The molecule has 0 saturated carbocycles. The molecule has 0 aliphatic heterocycles. The van der Waals surface area contributed by atoms with Crippen molar-refractivity contribution in [2.45, 2.75) is 4.90 Å². The number of aryl methyl sites for hydroxylation is 1. The summed E-state index contributed by atoms with van der Waals surface area (Å²) in [7, 11) is 1.80. The number of benzene rings is 3. The number of rotatable bonds is 5. The molecule has 0 bridgehead atoms. The zero-order chi connectivity index (χ0) is 20.6. The van der Waals surface area contributed by atoms with Crippen LogP contribution in [-0.4, -0.2) is 32.3 Å². The van der Waals surface area contributed by atoms with Crippen LogP contribution in [0, 0.1) is 0 Å². The number of aromatic nitrogens is 2. The molecule has 0 spiro atoms. The number of nitrogens with one attached hydrogen (secondary N) is 1. The number of anilines is 2. The van der Waals surface area contributed by atoms with Gasteiger partial charge in [0.2, 0.25) is 0 Å². The van der Waals surface area contributed by atoms with E-state index >= 15 is 0 Å². The van der Waals surface area contributed by atoms with Crippen molar-refractivity contribution in [2.75, 3.05) is 23.7 Å². The topological polar surface area (TPSA) is 67.2 Å². The van der Waals surface area contributed by atoms with Gasteiger partial charge in [-0.15, -0.1) is 0 Å². The van der Waals surface area contributed by atoms with E-state index in [-0.39, 0.29) is 4.90 Å². The van der Waals surface area contributed by atoms with Crippen LogP contribution in [0.2, 0.25) is 0 Å². The molecule has 3 aromatic carbocycles. The van der Waals surface area contributed by atoms with Gasteiger partial charge in [0.15, 0.2) is 0 Å². The minimum absolute atomic E-state index is 0.237. The third-order valence-electron chi connectivity index (χ3n) is 4.82. The molecule has 0 saturated heterocycles. The summed E-state index contributed by atoms with van der Waals surface area (Å²) in [5, 5.41) is 6.00. The third-order valence-corrected chi connectivity index (χ3v) is 6.23. The molecule has 0 fully saturated rings. The standard InChI is InChI=1S/C22H22N4O2S/c1-25(2)20-13-7-12-18-17(20)11-8-14-21(18)29(27,28)24-22-15-19(23-26(22)3)16-9-5-4-6-10-16/h4-15,24H,1-3H3. The SMILES string of the molecule is CN(C)c1cccc2c(S(=O)(=O)Nc3cc(-c4ccccc4)nn3C)cccc12. The van der Waals surface area contributed by atoms with Crippen molar-refractivity contribution < 1.29 is 8.42 Å². The van der Waals surface area contributed by atoms with Crippen LogP contribution in [0.25, 0.3) is 22.0 Å². The van der Waals surface area contributed by atoms with Gasteiger partial charge in [-0.2, -0.15) is 5.10 Å². The molecule has 0 aliphatic carbocycles. The summed E-state index contributed by atoms with van der Waals surface area (Å²) in [5.41, 5.74) is 2.60. The van der Waals surface area contributed by atoms with Gasteiger partial charge < -0.3 is 4.90 Å². The van der Waals surface area contributed by atoms with Gasteiger partial charge in [-0.3, -0.25) is 9.40 Å². The van der Waals surface area contributed by atoms with Crippen molar-refractivity contribution in [3.63, 3.8) is 0 Å². The molecule has 1 aromatic heterocycles. The van der Waals surface area contributed by atoms with Crippen molar-refractivity contribution in [1.29, 1.82) is 0 Å².